The Morgan fingerprint density at radius 3 is 2.47 bits per heavy atom. The van der Waals surface area contributed by atoms with Crippen molar-refractivity contribution in [2.75, 3.05) is 29.9 Å². The minimum absolute atomic E-state index is 0.558. The van der Waals surface area contributed by atoms with Crippen LogP contribution in [0, 0.1) is 6.92 Å². The highest BCUT2D eigenvalue weighted by Gasteiger charge is 2.18. The maximum absolute atomic E-state index is 5.74. The number of hydrogen-bond donors (Lipinski definition) is 2. The molecule has 0 aliphatic rings. The fraction of sp³-hybridized carbons (Fsp3) is 0.429. The highest BCUT2D eigenvalue weighted by molar-refractivity contribution is 5.85. The average molecular weight is 490 g/mol. The van der Waals surface area contributed by atoms with Gasteiger partial charge in [-0.05, 0) is 49.9 Å². The Labute approximate surface area is 214 Å². The monoisotopic (exact) mass is 489 g/mol. The van der Waals surface area contributed by atoms with Crippen molar-refractivity contribution in [2.24, 2.45) is 0 Å². The van der Waals surface area contributed by atoms with Gasteiger partial charge in [0.05, 0.1) is 6.61 Å². The van der Waals surface area contributed by atoms with Crippen LogP contribution in [0.4, 0.5) is 17.5 Å². The van der Waals surface area contributed by atoms with Gasteiger partial charge in [0, 0.05) is 37.5 Å². The van der Waals surface area contributed by atoms with Gasteiger partial charge in [0.2, 0.25) is 11.8 Å². The molecule has 3 aromatic heterocycles. The lowest BCUT2D eigenvalue weighted by atomic mass is 10.2. The minimum Gasteiger partial charge on any atom is -0.478 e. The van der Waals surface area contributed by atoms with Gasteiger partial charge in [-0.25, -0.2) is 15.0 Å². The summed E-state index contributed by atoms with van der Waals surface area (Å²) in [6, 6.07) is 13.9. The number of rotatable bonds is 12. The van der Waals surface area contributed by atoms with Crippen LogP contribution in [-0.4, -0.2) is 44.6 Å². The van der Waals surface area contributed by atoms with Crippen molar-refractivity contribution in [3.8, 4) is 5.88 Å². The molecule has 8 nitrogen and oxygen atoms in total. The van der Waals surface area contributed by atoms with Crippen molar-refractivity contribution in [1.29, 1.82) is 0 Å². The molecule has 1 aromatic carbocycles. The molecule has 0 amide bonds. The second kappa shape index (κ2) is 14.0. The van der Waals surface area contributed by atoms with Gasteiger partial charge in [0.15, 0.2) is 11.5 Å². The maximum atomic E-state index is 5.74. The predicted octanol–water partition coefficient (Wildman–Crippen LogP) is 6.46. The Bertz CT molecular complexity index is 1190. The number of anilines is 3. The second-order valence-electron chi connectivity index (χ2n) is 8.35. The van der Waals surface area contributed by atoms with E-state index in [9.17, 15) is 0 Å². The molecule has 0 fully saturated rings. The highest BCUT2D eigenvalue weighted by Crippen LogP contribution is 2.26. The van der Waals surface area contributed by atoms with E-state index in [1.54, 1.807) is 6.20 Å². The van der Waals surface area contributed by atoms with E-state index in [1.165, 1.54) is 5.56 Å². The number of benzene rings is 1. The summed E-state index contributed by atoms with van der Waals surface area (Å²) in [7, 11) is 0. The van der Waals surface area contributed by atoms with Gasteiger partial charge in [-0.1, -0.05) is 45.9 Å². The van der Waals surface area contributed by atoms with Gasteiger partial charge in [-0.2, -0.15) is 4.98 Å². The summed E-state index contributed by atoms with van der Waals surface area (Å²) in [6.45, 7) is 12.9. The number of aromatic amines is 1. The van der Waals surface area contributed by atoms with Gasteiger partial charge >= 0.3 is 0 Å². The lowest BCUT2D eigenvalue weighted by Crippen LogP contribution is -2.26. The molecular formula is C28H39N7O. The number of H-pyrrole nitrogens is 1. The molecule has 0 aliphatic carbocycles. The van der Waals surface area contributed by atoms with Crippen molar-refractivity contribution in [2.45, 2.75) is 60.3 Å². The summed E-state index contributed by atoms with van der Waals surface area (Å²) in [6.07, 6.45) is 5.31. The first-order valence-electron chi connectivity index (χ1n) is 13.1. The van der Waals surface area contributed by atoms with E-state index in [0.29, 0.717) is 30.5 Å². The van der Waals surface area contributed by atoms with Crippen molar-refractivity contribution < 1.29 is 4.74 Å². The minimum atomic E-state index is 0.558. The molecule has 0 radical (unpaired) electrons. The molecule has 0 atom stereocenters. The largest absolute Gasteiger partial charge is 0.478 e. The summed E-state index contributed by atoms with van der Waals surface area (Å²) in [5, 5.41) is 3.37. The first-order valence-corrected chi connectivity index (χ1v) is 13.1. The Morgan fingerprint density at radius 2 is 1.78 bits per heavy atom. The van der Waals surface area contributed by atoms with Crippen LogP contribution < -0.4 is 15.0 Å². The second-order valence-corrected chi connectivity index (χ2v) is 8.35. The molecule has 3 heterocycles. The molecule has 0 unspecified atom stereocenters. The summed E-state index contributed by atoms with van der Waals surface area (Å²) >= 11 is 0. The fourth-order valence-corrected chi connectivity index (χ4v) is 3.89. The first-order chi connectivity index (χ1) is 17.7. The first kappa shape index (κ1) is 26.9. The average Bonchev–Trinajstić information content (AvgIpc) is 3.30. The highest BCUT2D eigenvalue weighted by atomic mass is 16.5. The summed E-state index contributed by atoms with van der Waals surface area (Å²) in [4.78, 5) is 24.4. The molecule has 2 N–H and O–H groups in total. The summed E-state index contributed by atoms with van der Waals surface area (Å²) in [5.41, 5.74) is 3.72. The molecule has 192 valence electrons. The Hall–Kier alpha value is -3.68. The molecule has 0 bridgehead atoms. The van der Waals surface area contributed by atoms with Crippen LogP contribution in [-0.2, 0) is 6.42 Å². The molecule has 0 aliphatic heterocycles. The van der Waals surface area contributed by atoms with E-state index in [2.05, 4.69) is 53.1 Å². The third kappa shape index (κ3) is 7.41. The molecule has 4 rings (SSSR count). The lowest BCUT2D eigenvalue weighted by molar-refractivity contribution is 0.298. The predicted molar refractivity (Wildman–Crippen MR) is 148 cm³/mol. The zero-order valence-corrected chi connectivity index (χ0v) is 22.2. The van der Waals surface area contributed by atoms with Gasteiger partial charge in [-0.3, -0.25) is 0 Å². The smallest absolute Gasteiger partial charge is 0.213 e. The molecule has 0 saturated heterocycles. The van der Waals surface area contributed by atoms with Crippen LogP contribution >= 0.6 is 0 Å². The summed E-state index contributed by atoms with van der Waals surface area (Å²) < 4.78 is 5.74. The number of nitrogens with zero attached hydrogens (tertiary/aromatic N) is 5. The van der Waals surface area contributed by atoms with Crippen molar-refractivity contribution in [3.63, 3.8) is 0 Å². The van der Waals surface area contributed by atoms with Crippen molar-refractivity contribution in [3.05, 3.63) is 60.0 Å². The Morgan fingerprint density at radius 1 is 0.972 bits per heavy atom. The Kier molecular flexibility index (Phi) is 10.5. The van der Waals surface area contributed by atoms with Crippen LogP contribution in [0.5, 0.6) is 5.88 Å². The van der Waals surface area contributed by atoms with Gasteiger partial charge in [-0.15, -0.1) is 0 Å². The van der Waals surface area contributed by atoms with E-state index in [-0.39, 0.29) is 0 Å². The topological polar surface area (TPSA) is 91.8 Å². The number of imidazole rings is 1. The van der Waals surface area contributed by atoms with E-state index in [0.717, 1.165) is 55.2 Å². The molecule has 8 heteroatoms. The zero-order valence-electron chi connectivity index (χ0n) is 22.2. The number of aromatic nitrogens is 5. The SMILES string of the molecule is CC.CCCN(CCC)c1nc(CCCOc2ccccn2)nc2nc(Nc3cccc(C)c3)[nH]c12. The van der Waals surface area contributed by atoms with Crippen LogP contribution in [0.3, 0.4) is 0 Å². The van der Waals surface area contributed by atoms with E-state index in [4.69, 9.17) is 19.7 Å². The van der Waals surface area contributed by atoms with Crippen LogP contribution in [0.25, 0.3) is 11.2 Å². The molecule has 36 heavy (non-hydrogen) atoms. The van der Waals surface area contributed by atoms with Crippen molar-refractivity contribution >= 4 is 28.6 Å². The zero-order chi connectivity index (χ0) is 25.8. The van der Waals surface area contributed by atoms with E-state index in [1.807, 2.05) is 44.2 Å². The Balaban J connectivity index is 0.00000176. The van der Waals surface area contributed by atoms with Gasteiger partial charge < -0.3 is 19.9 Å². The number of pyridine rings is 1. The van der Waals surface area contributed by atoms with E-state index >= 15 is 0 Å². The molecular weight excluding hydrogens is 450 g/mol. The third-order valence-electron chi connectivity index (χ3n) is 5.38. The number of ether oxygens (including phenoxy) is 1. The third-order valence-corrected chi connectivity index (χ3v) is 5.38. The maximum Gasteiger partial charge on any atom is 0.213 e. The number of nitrogens with one attached hydrogen (secondary N) is 2. The lowest BCUT2D eigenvalue weighted by Gasteiger charge is -2.23. The van der Waals surface area contributed by atoms with Crippen LogP contribution in [0.2, 0.25) is 0 Å². The van der Waals surface area contributed by atoms with Gasteiger partial charge in [0.25, 0.3) is 0 Å². The molecule has 4 aromatic rings. The van der Waals surface area contributed by atoms with E-state index < -0.39 is 0 Å². The molecule has 0 saturated carbocycles. The van der Waals surface area contributed by atoms with Crippen LogP contribution in [0.15, 0.2) is 48.7 Å². The summed E-state index contributed by atoms with van der Waals surface area (Å²) in [5.74, 6) is 2.99. The van der Waals surface area contributed by atoms with Crippen molar-refractivity contribution in [1.82, 2.24) is 24.9 Å². The number of fused-ring (bicyclic) bond motifs is 1. The fourth-order valence-electron chi connectivity index (χ4n) is 3.89. The quantitative estimate of drug-likeness (QED) is 0.221. The molecule has 0 spiro atoms. The standard InChI is InChI=1S/C26H33N7O.C2H6/c1-4-15-33(16-5-2)25-23-24(32-26(31-23)28-20-11-8-10-19(3)18-20)29-21(30-25)12-9-17-34-22-13-6-7-14-27-22;1-2/h6-8,10-11,13-14,18H,4-5,9,12,15-17H2,1-3H3,(H2,28,29,30,31,32);1-2H3. The normalized spacial score (nSPS) is 10.6. The van der Waals surface area contributed by atoms with Gasteiger partial charge in [0.1, 0.15) is 11.3 Å². The van der Waals surface area contributed by atoms with Crippen LogP contribution in [0.1, 0.15) is 58.3 Å². The number of aryl methyl sites for hydroxylation is 2. The number of hydrogen-bond acceptors (Lipinski definition) is 7.